The van der Waals surface area contributed by atoms with Crippen LogP contribution < -0.4 is 10.6 Å². The smallest absolute Gasteiger partial charge is 0.314 e. The quantitative estimate of drug-likeness (QED) is 0.134. The molecule has 3 rings (SSSR count). The lowest BCUT2D eigenvalue weighted by Crippen LogP contribution is -2.30. The van der Waals surface area contributed by atoms with Crippen LogP contribution in [0.1, 0.15) is 47.0 Å². The Morgan fingerprint density at radius 2 is 1.53 bits per heavy atom. The van der Waals surface area contributed by atoms with E-state index in [-0.39, 0.29) is 18.0 Å². The highest BCUT2D eigenvalue weighted by molar-refractivity contribution is 7.76. The first-order valence-electron chi connectivity index (χ1n) is 12.8. The minimum atomic E-state index is -0.912. The fraction of sp³-hybridized carbons (Fsp3) is 0.344. The molecule has 189 valence electrons. The van der Waals surface area contributed by atoms with Crippen LogP contribution in [-0.2, 0) is 14.3 Å². The van der Waals surface area contributed by atoms with Crippen molar-refractivity contribution in [1.82, 2.24) is 0 Å². The molecule has 36 heavy (non-hydrogen) atoms. The Labute approximate surface area is 219 Å². The highest BCUT2D eigenvalue weighted by Gasteiger charge is 2.43. The van der Waals surface area contributed by atoms with Gasteiger partial charge >= 0.3 is 5.97 Å². The Bertz CT molecular complexity index is 930. The standard InChI is InChI=1S/C32H38O3P/c1-23(2)25(5)21-27(22-26(19-20-33)24(3)4)35-32(34)30-17-12-18-31(30)36(28-13-8-6-9-14-28)29-15-10-7-11-16-29/h6-18,20,23-24,26-27H,5,19,21-22H2,1-4H3/t26-,27+/m0/s1. The van der Waals surface area contributed by atoms with Crippen molar-refractivity contribution >= 4 is 30.8 Å². The molecule has 4 heteroatoms. The van der Waals surface area contributed by atoms with Crippen LogP contribution in [0.15, 0.2) is 72.8 Å². The first-order chi connectivity index (χ1) is 17.3. The monoisotopic (exact) mass is 501 g/mol. The van der Waals surface area contributed by atoms with Gasteiger partial charge < -0.3 is 9.53 Å². The summed E-state index contributed by atoms with van der Waals surface area (Å²) in [5.41, 5.74) is 2.06. The van der Waals surface area contributed by atoms with Crippen molar-refractivity contribution in [2.24, 2.45) is 17.8 Å². The van der Waals surface area contributed by atoms with E-state index in [0.29, 0.717) is 37.0 Å². The second-order valence-electron chi connectivity index (χ2n) is 10.0. The van der Waals surface area contributed by atoms with Crippen molar-refractivity contribution < 1.29 is 14.3 Å². The van der Waals surface area contributed by atoms with Gasteiger partial charge in [0.05, 0.1) is 0 Å². The lowest BCUT2D eigenvalue weighted by Gasteiger charge is -2.30. The van der Waals surface area contributed by atoms with Gasteiger partial charge in [-0.05, 0) is 62.0 Å². The van der Waals surface area contributed by atoms with E-state index in [0.717, 1.165) is 17.5 Å². The summed E-state index contributed by atoms with van der Waals surface area (Å²) in [6.07, 6.45) is 8.24. The molecule has 0 bridgehead atoms. The third-order valence-electron chi connectivity index (χ3n) is 6.77. The van der Waals surface area contributed by atoms with Crippen molar-refractivity contribution in [2.45, 2.75) is 53.1 Å². The Kier molecular flexibility index (Phi) is 10.9. The summed E-state index contributed by atoms with van der Waals surface area (Å²) in [6, 6.07) is 20.7. The van der Waals surface area contributed by atoms with E-state index in [9.17, 15) is 9.59 Å². The topological polar surface area (TPSA) is 43.4 Å². The molecular weight excluding hydrogens is 463 g/mol. The van der Waals surface area contributed by atoms with E-state index >= 15 is 0 Å². The number of rotatable bonds is 13. The molecule has 0 saturated heterocycles. The van der Waals surface area contributed by atoms with Gasteiger partial charge in [0.15, 0.2) is 0 Å². The second-order valence-corrected chi connectivity index (χ2v) is 12.2. The largest absolute Gasteiger partial charge is 0.462 e. The van der Waals surface area contributed by atoms with E-state index in [4.69, 9.17) is 4.74 Å². The lowest BCUT2D eigenvalue weighted by molar-refractivity contribution is -0.146. The first kappa shape index (κ1) is 28.3. The van der Waals surface area contributed by atoms with E-state index in [1.54, 1.807) is 0 Å². The highest BCUT2D eigenvalue weighted by Crippen LogP contribution is 2.56. The number of hydrogen-bond acceptors (Lipinski definition) is 3. The molecule has 0 N–H and O–H groups in total. The van der Waals surface area contributed by atoms with Crippen LogP contribution in [0.4, 0.5) is 0 Å². The third kappa shape index (κ3) is 7.62. The first-order valence-corrected chi connectivity index (χ1v) is 14.1. The zero-order valence-electron chi connectivity index (χ0n) is 21.9. The van der Waals surface area contributed by atoms with E-state index in [1.807, 2.05) is 55.7 Å². The van der Waals surface area contributed by atoms with E-state index in [2.05, 4.69) is 58.5 Å². The molecule has 3 nitrogen and oxygen atoms in total. The van der Waals surface area contributed by atoms with Gasteiger partial charge in [0.25, 0.3) is 0 Å². The molecule has 1 aliphatic rings. The van der Waals surface area contributed by atoms with Gasteiger partial charge in [0.2, 0.25) is 0 Å². The molecule has 5 radical (unpaired) electrons. The van der Waals surface area contributed by atoms with Crippen LogP contribution >= 0.6 is 7.92 Å². The van der Waals surface area contributed by atoms with Crippen LogP contribution in [0.3, 0.4) is 0 Å². The summed E-state index contributed by atoms with van der Waals surface area (Å²) in [5.74, 6) is 1.09. The summed E-state index contributed by atoms with van der Waals surface area (Å²) >= 11 is 0. The summed E-state index contributed by atoms with van der Waals surface area (Å²) in [4.78, 5) is 25.0. The number of hydrogen-bond donors (Lipinski definition) is 0. The molecule has 1 fully saturated rings. The van der Waals surface area contributed by atoms with Gasteiger partial charge in [0, 0.05) is 18.5 Å². The summed E-state index contributed by atoms with van der Waals surface area (Å²) in [5, 5.41) is 2.38. The molecule has 2 atom stereocenters. The fourth-order valence-corrected chi connectivity index (χ4v) is 6.81. The zero-order chi connectivity index (χ0) is 26.1. The van der Waals surface area contributed by atoms with Crippen LogP contribution in [-0.4, -0.2) is 18.4 Å². The average Bonchev–Trinajstić information content (AvgIpc) is 3.34. The predicted octanol–water partition coefficient (Wildman–Crippen LogP) is 6.62. The number of esters is 1. The second kappa shape index (κ2) is 13.9. The van der Waals surface area contributed by atoms with E-state index in [1.165, 1.54) is 10.6 Å². The lowest BCUT2D eigenvalue weighted by atomic mass is 9.85. The number of carbonyl (C=O) groups excluding carboxylic acids is 2. The fourth-order valence-electron chi connectivity index (χ4n) is 4.38. The molecule has 0 heterocycles. The highest BCUT2D eigenvalue weighted by atomic mass is 31.1. The maximum Gasteiger partial charge on any atom is 0.314 e. The maximum absolute atomic E-state index is 13.7. The third-order valence-corrected chi connectivity index (χ3v) is 9.27. The van der Waals surface area contributed by atoms with Crippen molar-refractivity contribution in [3.8, 4) is 0 Å². The minimum absolute atomic E-state index is 0.158. The zero-order valence-corrected chi connectivity index (χ0v) is 22.8. The van der Waals surface area contributed by atoms with Gasteiger partial charge in [-0.15, -0.1) is 0 Å². The van der Waals surface area contributed by atoms with Crippen LogP contribution in [0.2, 0.25) is 0 Å². The number of aldehydes is 1. The van der Waals surface area contributed by atoms with E-state index < -0.39 is 7.92 Å². The maximum atomic E-state index is 13.7. The summed E-state index contributed by atoms with van der Waals surface area (Å²) in [6.45, 7) is 12.7. The Balaban J connectivity index is 1.84. The van der Waals surface area contributed by atoms with Crippen LogP contribution in [0.25, 0.3) is 0 Å². The average molecular weight is 502 g/mol. The molecule has 0 amide bonds. The Hall–Kier alpha value is -2.25. The van der Waals surface area contributed by atoms with Gasteiger partial charge in [-0.2, -0.15) is 0 Å². The Morgan fingerprint density at radius 1 is 0.944 bits per heavy atom. The van der Waals surface area contributed by atoms with Crippen molar-refractivity contribution in [2.75, 3.05) is 0 Å². The number of ether oxygens (including phenoxy) is 1. The number of benzene rings is 2. The molecular formula is C32H38O3P. The molecule has 1 saturated carbocycles. The van der Waals surface area contributed by atoms with Gasteiger partial charge in [-0.3, -0.25) is 4.79 Å². The van der Waals surface area contributed by atoms with Crippen molar-refractivity contribution in [3.63, 3.8) is 0 Å². The molecule has 0 unspecified atom stereocenters. The molecule has 1 aliphatic carbocycles. The van der Waals surface area contributed by atoms with Crippen molar-refractivity contribution in [3.05, 3.63) is 104 Å². The summed E-state index contributed by atoms with van der Waals surface area (Å²) < 4.78 is 6.20. The molecule has 0 aliphatic heterocycles. The molecule has 2 aromatic carbocycles. The van der Waals surface area contributed by atoms with Crippen LogP contribution in [0.5, 0.6) is 0 Å². The van der Waals surface area contributed by atoms with Crippen LogP contribution in [0, 0.1) is 48.6 Å². The molecule has 2 aromatic rings. The molecule has 0 aromatic heterocycles. The normalized spacial score (nSPS) is 16.4. The van der Waals surface area contributed by atoms with Crippen molar-refractivity contribution in [1.29, 1.82) is 0 Å². The predicted molar refractivity (Wildman–Crippen MR) is 151 cm³/mol. The molecule has 0 spiro atoms. The Morgan fingerprint density at radius 3 is 2.03 bits per heavy atom. The summed E-state index contributed by atoms with van der Waals surface area (Å²) in [7, 11) is -0.912. The van der Waals surface area contributed by atoms with Gasteiger partial charge in [-0.25, -0.2) is 0 Å². The van der Waals surface area contributed by atoms with Gasteiger partial charge in [0.1, 0.15) is 18.3 Å². The van der Waals surface area contributed by atoms with Gasteiger partial charge in [-0.1, -0.05) is 101 Å². The SMILES string of the molecule is C=C(C[C@H](C[C@H](CC=O)C(C)C)OC(=O)[C]1[CH][CH][CH][C]1P(c1ccccc1)c1ccccc1)C(C)C. The minimum Gasteiger partial charge on any atom is -0.462 e. The number of carbonyl (C=O) groups is 2.